The van der Waals surface area contributed by atoms with Crippen molar-refractivity contribution in [3.8, 4) is 0 Å². The summed E-state index contributed by atoms with van der Waals surface area (Å²) in [6.45, 7) is 0.167. The third-order valence-corrected chi connectivity index (χ3v) is 6.22. The molecule has 3 rings (SSSR count). The Morgan fingerprint density at radius 1 is 1.04 bits per heavy atom. The Morgan fingerprint density at radius 2 is 1.74 bits per heavy atom. The van der Waals surface area contributed by atoms with Gasteiger partial charge in [0.15, 0.2) is 0 Å². The van der Waals surface area contributed by atoms with Gasteiger partial charge in [0.2, 0.25) is 10.0 Å². The molecule has 27 heavy (non-hydrogen) atoms. The molecule has 1 fully saturated rings. The summed E-state index contributed by atoms with van der Waals surface area (Å²) in [4.78, 5) is 16.5. The number of aromatic nitrogens is 1. The lowest BCUT2D eigenvalue weighted by molar-refractivity contribution is 0.0933. The average Bonchev–Trinajstić information content (AvgIpc) is 2.96. The highest BCUT2D eigenvalue weighted by atomic mass is 32.2. The number of nitrogens with one attached hydrogen (secondary N) is 2. The smallest absolute Gasteiger partial charge is 0.251 e. The molecular formula is C20H25N3O3S. The fourth-order valence-electron chi connectivity index (χ4n) is 3.24. The van der Waals surface area contributed by atoms with Crippen LogP contribution in [0.25, 0.3) is 0 Å². The molecule has 0 unspecified atom stereocenters. The molecule has 0 bridgehead atoms. The summed E-state index contributed by atoms with van der Waals surface area (Å²) in [6, 6.07) is 9.82. The number of carbonyl (C=O) groups excluding carboxylic acids is 1. The van der Waals surface area contributed by atoms with E-state index in [9.17, 15) is 13.2 Å². The maximum absolute atomic E-state index is 12.4. The van der Waals surface area contributed by atoms with E-state index in [2.05, 4.69) is 15.0 Å². The summed E-state index contributed by atoms with van der Waals surface area (Å²) >= 11 is 0. The van der Waals surface area contributed by atoms with Crippen LogP contribution in [-0.2, 0) is 16.6 Å². The van der Waals surface area contributed by atoms with Gasteiger partial charge in [0.25, 0.3) is 5.91 Å². The molecule has 7 heteroatoms. The Morgan fingerprint density at radius 3 is 2.37 bits per heavy atom. The van der Waals surface area contributed by atoms with Gasteiger partial charge in [0, 0.05) is 30.5 Å². The van der Waals surface area contributed by atoms with Crippen molar-refractivity contribution in [1.82, 2.24) is 15.0 Å². The molecule has 0 saturated heterocycles. The first-order valence-corrected chi connectivity index (χ1v) is 10.8. The zero-order valence-corrected chi connectivity index (χ0v) is 16.0. The molecule has 1 aliphatic carbocycles. The van der Waals surface area contributed by atoms with Crippen LogP contribution in [0.1, 0.15) is 54.4 Å². The van der Waals surface area contributed by atoms with Crippen molar-refractivity contribution in [2.75, 3.05) is 0 Å². The van der Waals surface area contributed by atoms with E-state index in [0.717, 1.165) is 31.2 Å². The van der Waals surface area contributed by atoms with Crippen LogP contribution in [0.4, 0.5) is 0 Å². The van der Waals surface area contributed by atoms with Gasteiger partial charge in [-0.05, 0) is 48.7 Å². The minimum Gasteiger partial charge on any atom is -0.349 e. The highest BCUT2D eigenvalue weighted by molar-refractivity contribution is 7.89. The van der Waals surface area contributed by atoms with Gasteiger partial charge in [-0.15, -0.1) is 0 Å². The minimum atomic E-state index is -3.64. The van der Waals surface area contributed by atoms with Gasteiger partial charge in [-0.3, -0.25) is 9.78 Å². The number of benzene rings is 1. The van der Waals surface area contributed by atoms with E-state index in [1.807, 2.05) is 0 Å². The van der Waals surface area contributed by atoms with Crippen LogP contribution < -0.4 is 10.0 Å². The van der Waals surface area contributed by atoms with E-state index in [-0.39, 0.29) is 23.4 Å². The van der Waals surface area contributed by atoms with Crippen molar-refractivity contribution in [3.63, 3.8) is 0 Å². The summed E-state index contributed by atoms with van der Waals surface area (Å²) in [5.74, 6) is -0.144. The maximum Gasteiger partial charge on any atom is 0.251 e. The van der Waals surface area contributed by atoms with Crippen LogP contribution in [0.15, 0.2) is 53.7 Å². The molecule has 144 valence electrons. The lowest BCUT2D eigenvalue weighted by atomic mass is 10.1. The van der Waals surface area contributed by atoms with Gasteiger partial charge >= 0.3 is 0 Å². The van der Waals surface area contributed by atoms with Crippen molar-refractivity contribution in [3.05, 3.63) is 59.9 Å². The van der Waals surface area contributed by atoms with E-state index in [0.29, 0.717) is 5.56 Å². The average molecular weight is 388 g/mol. The molecule has 2 N–H and O–H groups in total. The minimum absolute atomic E-state index is 0.136. The van der Waals surface area contributed by atoms with Gasteiger partial charge in [0.1, 0.15) is 0 Å². The fraction of sp³-hybridized carbons (Fsp3) is 0.400. The Balaban J connectivity index is 1.60. The summed E-state index contributed by atoms with van der Waals surface area (Å²) in [7, 11) is -3.64. The van der Waals surface area contributed by atoms with Crippen molar-refractivity contribution >= 4 is 15.9 Å². The molecule has 0 radical (unpaired) electrons. The third-order valence-electron chi connectivity index (χ3n) is 4.81. The molecule has 2 aromatic rings. The lowest BCUT2D eigenvalue weighted by Gasteiger charge is -2.16. The number of carbonyl (C=O) groups is 1. The molecule has 0 spiro atoms. The molecule has 1 saturated carbocycles. The largest absolute Gasteiger partial charge is 0.349 e. The Bertz CT molecular complexity index is 844. The zero-order valence-electron chi connectivity index (χ0n) is 15.2. The van der Waals surface area contributed by atoms with E-state index in [4.69, 9.17) is 0 Å². The Hall–Kier alpha value is -2.25. The number of pyridine rings is 1. The number of amides is 1. The molecule has 0 atom stereocenters. The van der Waals surface area contributed by atoms with Crippen LogP contribution in [-0.4, -0.2) is 25.4 Å². The molecule has 1 aromatic carbocycles. The zero-order chi connectivity index (χ0) is 19.1. The summed E-state index contributed by atoms with van der Waals surface area (Å²) in [6.07, 6.45) is 10.0. The van der Waals surface area contributed by atoms with Crippen LogP contribution in [0.2, 0.25) is 0 Å². The highest BCUT2D eigenvalue weighted by Crippen LogP contribution is 2.18. The van der Waals surface area contributed by atoms with Crippen LogP contribution in [0.3, 0.4) is 0 Å². The van der Waals surface area contributed by atoms with E-state index in [1.54, 1.807) is 36.7 Å². The van der Waals surface area contributed by atoms with Gasteiger partial charge < -0.3 is 5.32 Å². The van der Waals surface area contributed by atoms with Crippen molar-refractivity contribution in [2.24, 2.45) is 0 Å². The molecule has 1 amide bonds. The van der Waals surface area contributed by atoms with Crippen LogP contribution >= 0.6 is 0 Å². The molecule has 1 heterocycles. The predicted octanol–water partition coefficient (Wildman–Crippen LogP) is 3.01. The first-order chi connectivity index (χ1) is 13.0. The van der Waals surface area contributed by atoms with E-state index < -0.39 is 10.0 Å². The second-order valence-corrected chi connectivity index (χ2v) is 8.64. The summed E-state index contributed by atoms with van der Waals surface area (Å²) in [5, 5.41) is 3.07. The van der Waals surface area contributed by atoms with E-state index >= 15 is 0 Å². The number of nitrogens with zero attached hydrogens (tertiary/aromatic N) is 1. The van der Waals surface area contributed by atoms with E-state index in [1.165, 1.54) is 25.0 Å². The predicted molar refractivity (Wildman–Crippen MR) is 104 cm³/mol. The number of sulfonamides is 1. The molecule has 1 aromatic heterocycles. The van der Waals surface area contributed by atoms with Crippen molar-refractivity contribution in [1.29, 1.82) is 0 Å². The first kappa shape index (κ1) is 19.5. The standard InChI is InChI=1S/C20H25N3O3S/c24-20(23-18-7-3-1-2-4-8-18)17-9-11-19(12-10-17)27(25,26)22-15-16-6-5-13-21-14-16/h5-6,9-14,18,22H,1-4,7-8,15H2,(H,23,24). The number of rotatable bonds is 6. The highest BCUT2D eigenvalue weighted by Gasteiger charge is 2.18. The molecule has 1 aliphatic rings. The summed E-state index contributed by atoms with van der Waals surface area (Å²) in [5.41, 5.74) is 1.26. The summed E-state index contributed by atoms with van der Waals surface area (Å²) < 4.78 is 27.4. The van der Waals surface area contributed by atoms with Gasteiger partial charge in [-0.1, -0.05) is 31.7 Å². The Labute approximate surface area is 160 Å². The molecule has 6 nitrogen and oxygen atoms in total. The molecule has 0 aliphatic heterocycles. The topological polar surface area (TPSA) is 88.2 Å². The second-order valence-electron chi connectivity index (χ2n) is 6.87. The normalized spacial score (nSPS) is 15.9. The first-order valence-electron chi connectivity index (χ1n) is 9.34. The van der Waals surface area contributed by atoms with Gasteiger partial charge in [-0.25, -0.2) is 13.1 Å². The molecular weight excluding hydrogens is 362 g/mol. The number of hydrogen-bond acceptors (Lipinski definition) is 4. The Kier molecular flexibility index (Phi) is 6.58. The second kappa shape index (κ2) is 9.10. The lowest BCUT2D eigenvalue weighted by Crippen LogP contribution is -2.34. The SMILES string of the molecule is O=C(NC1CCCCCC1)c1ccc(S(=O)(=O)NCc2cccnc2)cc1. The van der Waals surface area contributed by atoms with Crippen LogP contribution in [0.5, 0.6) is 0 Å². The van der Waals surface area contributed by atoms with Gasteiger partial charge in [-0.2, -0.15) is 0 Å². The fourth-order valence-corrected chi connectivity index (χ4v) is 4.26. The van der Waals surface area contributed by atoms with Crippen molar-refractivity contribution in [2.45, 2.75) is 56.0 Å². The van der Waals surface area contributed by atoms with Crippen molar-refractivity contribution < 1.29 is 13.2 Å². The monoisotopic (exact) mass is 387 g/mol. The van der Waals surface area contributed by atoms with Gasteiger partial charge in [0.05, 0.1) is 4.90 Å². The maximum atomic E-state index is 12.4. The number of hydrogen-bond donors (Lipinski definition) is 2. The van der Waals surface area contributed by atoms with Crippen LogP contribution in [0, 0.1) is 0 Å². The third kappa shape index (κ3) is 5.61. The quantitative estimate of drug-likeness (QED) is 0.746.